The Kier molecular flexibility index (Phi) is 55.9. The lowest BCUT2D eigenvalue weighted by molar-refractivity contribution is -0.131. The summed E-state index contributed by atoms with van der Waals surface area (Å²) in [5.74, 6) is -0.494. The molecule has 0 aromatic carbocycles. The van der Waals surface area contributed by atoms with E-state index in [0.717, 1.165) is 32.1 Å². The minimum atomic E-state index is -1.09. The van der Waals surface area contributed by atoms with E-state index in [4.69, 9.17) is 0 Å². The summed E-state index contributed by atoms with van der Waals surface area (Å²) >= 11 is 0. The molecule has 0 radical (unpaired) electrons. The van der Waals surface area contributed by atoms with Crippen molar-refractivity contribution in [1.82, 2.24) is 5.32 Å². The average molecular weight is 933 g/mol. The Morgan fingerprint density at radius 2 is 0.591 bits per heavy atom. The minimum Gasteiger partial charge on any atom is -0.394 e. The summed E-state index contributed by atoms with van der Waals surface area (Å²) in [6.07, 6.45) is 71.7. The Bertz CT molecular complexity index is 940. The van der Waals surface area contributed by atoms with Gasteiger partial charge in [-0.05, 0) is 19.3 Å². The van der Waals surface area contributed by atoms with E-state index in [0.29, 0.717) is 6.42 Å². The smallest absolute Gasteiger partial charge is 0.249 e. The van der Waals surface area contributed by atoms with Gasteiger partial charge in [-0.25, -0.2) is 0 Å². The quantitative estimate of drug-likeness (QED) is 0.0361. The first-order valence-electron chi connectivity index (χ1n) is 30.5. The molecular formula is C61H121NO4. The first kappa shape index (κ1) is 65.1. The highest BCUT2D eigenvalue weighted by atomic mass is 16.3. The minimum absolute atomic E-state index is 0.358. The molecule has 0 aromatic heterocycles. The van der Waals surface area contributed by atoms with Crippen LogP contribution in [0.1, 0.15) is 348 Å². The Labute approximate surface area is 414 Å². The van der Waals surface area contributed by atoms with Crippen LogP contribution < -0.4 is 5.32 Å². The van der Waals surface area contributed by atoms with Gasteiger partial charge in [-0.2, -0.15) is 0 Å². The standard InChI is InChI=1S/C61H121NO4/c1-3-5-7-9-11-13-15-17-19-21-23-25-27-28-29-30-31-32-33-34-36-38-40-42-44-46-48-50-52-54-56-60(65)61(66)62-58(57-63)59(64)55-53-51-49-47-45-43-41-39-37-35-26-24-22-20-18-16-14-12-10-8-6-4-2/h53,55,58-60,63-65H,3-52,54,56-57H2,1-2H3,(H,62,66)/b55-53+. The second kappa shape index (κ2) is 56.7. The van der Waals surface area contributed by atoms with Gasteiger partial charge in [-0.3, -0.25) is 4.79 Å². The van der Waals surface area contributed by atoms with Crippen LogP contribution in [0.5, 0.6) is 0 Å². The van der Waals surface area contributed by atoms with Crippen molar-refractivity contribution in [3.8, 4) is 0 Å². The predicted molar refractivity (Wildman–Crippen MR) is 292 cm³/mol. The predicted octanol–water partition coefficient (Wildman–Crippen LogP) is 19.1. The lowest BCUT2D eigenvalue weighted by atomic mass is 10.0. The Hall–Kier alpha value is -0.910. The molecule has 4 N–H and O–H groups in total. The normalized spacial score (nSPS) is 13.2. The third kappa shape index (κ3) is 51.0. The van der Waals surface area contributed by atoms with E-state index < -0.39 is 24.2 Å². The molecule has 0 aromatic rings. The highest BCUT2D eigenvalue weighted by Crippen LogP contribution is 2.19. The fourth-order valence-electron chi connectivity index (χ4n) is 9.90. The van der Waals surface area contributed by atoms with Crippen LogP contribution in [0.4, 0.5) is 0 Å². The van der Waals surface area contributed by atoms with E-state index in [-0.39, 0.29) is 6.61 Å². The van der Waals surface area contributed by atoms with Gasteiger partial charge in [-0.1, -0.05) is 341 Å². The fraction of sp³-hybridized carbons (Fsp3) is 0.951. The van der Waals surface area contributed by atoms with Gasteiger partial charge in [0.15, 0.2) is 0 Å². The summed E-state index contributed by atoms with van der Waals surface area (Å²) in [5.41, 5.74) is 0. The second-order valence-corrected chi connectivity index (χ2v) is 21.3. The first-order chi connectivity index (χ1) is 32.6. The number of amides is 1. The molecule has 66 heavy (non-hydrogen) atoms. The highest BCUT2D eigenvalue weighted by molar-refractivity contribution is 5.80. The van der Waals surface area contributed by atoms with Gasteiger partial charge in [0, 0.05) is 0 Å². The molecule has 394 valence electrons. The molecule has 5 nitrogen and oxygen atoms in total. The molecule has 0 spiro atoms. The van der Waals surface area contributed by atoms with E-state index in [1.165, 1.54) is 295 Å². The number of rotatable bonds is 57. The lowest BCUT2D eigenvalue weighted by Gasteiger charge is -2.21. The van der Waals surface area contributed by atoms with Gasteiger partial charge >= 0.3 is 0 Å². The molecule has 3 atom stereocenters. The lowest BCUT2D eigenvalue weighted by Crippen LogP contribution is -2.48. The monoisotopic (exact) mass is 932 g/mol. The van der Waals surface area contributed by atoms with Crippen molar-refractivity contribution in [3.05, 3.63) is 12.2 Å². The largest absolute Gasteiger partial charge is 0.394 e. The van der Waals surface area contributed by atoms with Crippen LogP contribution in [0.15, 0.2) is 12.2 Å². The molecule has 0 aliphatic rings. The third-order valence-electron chi connectivity index (χ3n) is 14.6. The molecule has 0 saturated carbocycles. The molecule has 0 rings (SSSR count). The van der Waals surface area contributed by atoms with Gasteiger partial charge in [0.05, 0.1) is 18.8 Å². The summed E-state index contributed by atoms with van der Waals surface area (Å²) in [5, 5.41) is 33.4. The third-order valence-corrected chi connectivity index (χ3v) is 14.6. The summed E-state index contributed by atoms with van der Waals surface area (Å²) in [7, 11) is 0. The van der Waals surface area contributed by atoms with Crippen LogP contribution in [0, 0.1) is 0 Å². The molecule has 1 amide bonds. The highest BCUT2D eigenvalue weighted by Gasteiger charge is 2.22. The molecule has 0 aliphatic heterocycles. The van der Waals surface area contributed by atoms with Gasteiger partial charge in [0.1, 0.15) is 6.10 Å². The number of carbonyl (C=O) groups excluding carboxylic acids is 1. The van der Waals surface area contributed by atoms with Crippen LogP contribution in [0.2, 0.25) is 0 Å². The van der Waals surface area contributed by atoms with Crippen molar-refractivity contribution in [1.29, 1.82) is 0 Å². The molecule has 5 heteroatoms. The van der Waals surface area contributed by atoms with Crippen molar-refractivity contribution < 1.29 is 20.1 Å². The van der Waals surface area contributed by atoms with E-state index in [2.05, 4.69) is 19.2 Å². The number of hydrogen-bond donors (Lipinski definition) is 4. The molecule has 3 unspecified atom stereocenters. The van der Waals surface area contributed by atoms with Crippen molar-refractivity contribution in [2.75, 3.05) is 6.61 Å². The zero-order chi connectivity index (χ0) is 47.9. The summed E-state index contributed by atoms with van der Waals surface area (Å²) in [4.78, 5) is 12.6. The Morgan fingerprint density at radius 3 is 0.833 bits per heavy atom. The zero-order valence-corrected chi connectivity index (χ0v) is 45.1. The Morgan fingerprint density at radius 1 is 0.364 bits per heavy atom. The van der Waals surface area contributed by atoms with E-state index in [1.54, 1.807) is 6.08 Å². The maximum atomic E-state index is 12.6. The van der Waals surface area contributed by atoms with Crippen LogP contribution in [0.25, 0.3) is 0 Å². The van der Waals surface area contributed by atoms with Crippen molar-refractivity contribution in [2.24, 2.45) is 0 Å². The topological polar surface area (TPSA) is 89.8 Å². The van der Waals surface area contributed by atoms with Gasteiger partial charge in [0.2, 0.25) is 5.91 Å². The molecule has 0 heterocycles. The van der Waals surface area contributed by atoms with Gasteiger partial charge in [0.25, 0.3) is 0 Å². The van der Waals surface area contributed by atoms with Crippen LogP contribution in [-0.2, 0) is 4.79 Å². The summed E-state index contributed by atoms with van der Waals surface area (Å²) < 4.78 is 0. The second-order valence-electron chi connectivity index (χ2n) is 21.3. The summed E-state index contributed by atoms with van der Waals surface area (Å²) in [6.45, 7) is 4.23. The molecule has 0 aliphatic carbocycles. The van der Waals surface area contributed by atoms with E-state index in [9.17, 15) is 20.1 Å². The number of aliphatic hydroxyl groups excluding tert-OH is 3. The number of aliphatic hydroxyl groups is 3. The van der Waals surface area contributed by atoms with Crippen LogP contribution >= 0.6 is 0 Å². The first-order valence-corrected chi connectivity index (χ1v) is 30.5. The van der Waals surface area contributed by atoms with Crippen LogP contribution in [-0.4, -0.2) is 46.1 Å². The van der Waals surface area contributed by atoms with Gasteiger partial charge in [-0.15, -0.1) is 0 Å². The maximum Gasteiger partial charge on any atom is 0.249 e. The fourth-order valence-corrected chi connectivity index (χ4v) is 9.90. The van der Waals surface area contributed by atoms with E-state index >= 15 is 0 Å². The number of nitrogens with one attached hydrogen (secondary N) is 1. The number of allylic oxidation sites excluding steroid dienone is 1. The number of unbranched alkanes of at least 4 members (excludes halogenated alkanes) is 49. The van der Waals surface area contributed by atoms with Crippen molar-refractivity contribution in [2.45, 2.75) is 366 Å². The number of hydrogen-bond acceptors (Lipinski definition) is 4. The molecule has 0 fully saturated rings. The molecule has 0 saturated heterocycles. The SMILES string of the molecule is CCCCCCCCCCCCCCCCCCCCCC/C=C/C(O)C(CO)NC(=O)C(O)CCCCCCCCCCCCCCCCCCCCCCCCCCCCCCCC. The molecular weight excluding hydrogens is 811 g/mol. The maximum absolute atomic E-state index is 12.6. The Balaban J connectivity index is 3.50. The summed E-state index contributed by atoms with van der Waals surface area (Å²) in [6, 6.07) is -0.795. The average Bonchev–Trinajstić information content (AvgIpc) is 3.32. The van der Waals surface area contributed by atoms with Crippen molar-refractivity contribution in [3.63, 3.8) is 0 Å². The molecule has 0 bridgehead atoms. The zero-order valence-electron chi connectivity index (χ0n) is 45.1. The van der Waals surface area contributed by atoms with Gasteiger partial charge < -0.3 is 20.6 Å². The van der Waals surface area contributed by atoms with Crippen LogP contribution in [0.3, 0.4) is 0 Å². The number of carbonyl (C=O) groups is 1. The van der Waals surface area contributed by atoms with E-state index in [1.807, 2.05) is 6.08 Å². The van der Waals surface area contributed by atoms with Crippen molar-refractivity contribution >= 4 is 5.91 Å².